The van der Waals surface area contributed by atoms with Crippen molar-refractivity contribution in [2.24, 2.45) is 4.99 Å². The Kier molecular flexibility index (Phi) is 4.83. The zero-order valence-electron chi connectivity index (χ0n) is 10.5. The van der Waals surface area contributed by atoms with Gasteiger partial charge in [-0.25, -0.2) is 9.98 Å². The van der Waals surface area contributed by atoms with E-state index in [1.807, 2.05) is 13.1 Å². The number of thiazole rings is 1. The van der Waals surface area contributed by atoms with Crippen LogP contribution in [0.25, 0.3) is 0 Å². The van der Waals surface area contributed by atoms with Crippen LogP contribution in [-0.2, 0) is 6.54 Å². The van der Waals surface area contributed by atoms with Crippen molar-refractivity contribution < 1.29 is 0 Å². The van der Waals surface area contributed by atoms with Gasteiger partial charge in [0.2, 0.25) is 0 Å². The van der Waals surface area contributed by atoms with Gasteiger partial charge < -0.3 is 10.6 Å². The highest BCUT2D eigenvalue weighted by Crippen LogP contribution is 2.21. The van der Waals surface area contributed by atoms with Crippen molar-refractivity contribution in [2.75, 3.05) is 0 Å². The van der Waals surface area contributed by atoms with Crippen LogP contribution >= 0.6 is 35.3 Å². The summed E-state index contributed by atoms with van der Waals surface area (Å²) < 4.78 is 0. The van der Waals surface area contributed by atoms with Crippen LogP contribution in [0.1, 0.15) is 35.6 Å². The van der Waals surface area contributed by atoms with Crippen LogP contribution < -0.4 is 10.6 Å². The molecule has 0 atom stereocenters. The first-order valence-electron chi connectivity index (χ1n) is 6.28. The third-order valence-corrected chi connectivity index (χ3v) is 3.80. The molecule has 3 rings (SSSR count). The maximum absolute atomic E-state index is 4.63. The molecule has 1 heterocycles. The van der Waals surface area contributed by atoms with E-state index in [9.17, 15) is 0 Å². The minimum absolute atomic E-state index is 0. The highest BCUT2D eigenvalue weighted by molar-refractivity contribution is 14.0. The Morgan fingerprint density at radius 3 is 2.39 bits per heavy atom. The molecular weight excluding hydrogens is 359 g/mol. The lowest BCUT2D eigenvalue weighted by molar-refractivity contribution is 0.791. The highest BCUT2D eigenvalue weighted by atomic mass is 127. The van der Waals surface area contributed by atoms with Gasteiger partial charge in [0.25, 0.3) is 0 Å². The number of guanidine groups is 1. The van der Waals surface area contributed by atoms with E-state index in [-0.39, 0.29) is 24.0 Å². The van der Waals surface area contributed by atoms with Gasteiger partial charge in [-0.1, -0.05) is 0 Å². The summed E-state index contributed by atoms with van der Waals surface area (Å²) in [6.45, 7) is 2.77. The van der Waals surface area contributed by atoms with Gasteiger partial charge in [-0.2, -0.15) is 0 Å². The molecule has 0 radical (unpaired) electrons. The molecule has 0 aromatic carbocycles. The maximum Gasteiger partial charge on any atom is 0.192 e. The Bertz CT molecular complexity index is 407. The van der Waals surface area contributed by atoms with Crippen LogP contribution in [0.2, 0.25) is 0 Å². The fourth-order valence-electron chi connectivity index (χ4n) is 1.61. The molecular formula is C12H19IN4S. The Hall–Kier alpha value is -0.370. The zero-order valence-corrected chi connectivity index (χ0v) is 13.6. The standard InChI is InChI=1S/C12H18N4S.HI/c1-8-13-6-11(17-8)7-14-12(15-9-2-3-9)16-10-4-5-10;/h6,9-10H,2-5,7H2,1H3,(H2,14,15,16);1H. The fourth-order valence-corrected chi connectivity index (χ4v) is 2.33. The molecule has 0 aliphatic heterocycles. The quantitative estimate of drug-likeness (QED) is 0.481. The average molecular weight is 378 g/mol. The molecule has 2 saturated carbocycles. The molecule has 2 fully saturated rings. The average Bonchev–Trinajstić information content (AvgIpc) is 3.20. The van der Waals surface area contributed by atoms with Gasteiger partial charge in [-0.15, -0.1) is 35.3 Å². The number of nitrogens with zero attached hydrogens (tertiary/aromatic N) is 2. The molecule has 18 heavy (non-hydrogen) atoms. The van der Waals surface area contributed by atoms with Gasteiger partial charge in [0.1, 0.15) is 0 Å². The van der Waals surface area contributed by atoms with E-state index in [1.165, 1.54) is 30.6 Å². The number of aryl methyl sites for hydroxylation is 1. The summed E-state index contributed by atoms with van der Waals surface area (Å²) in [5, 5.41) is 8.04. The lowest BCUT2D eigenvalue weighted by Crippen LogP contribution is -2.39. The third kappa shape index (κ3) is 4.38. The van der Waals surface area contributed by atoms with Gasteiger partial charge in [-0.05, 0) is 32.6 Å². The monoisotopic (exact) mass is 378 g/mol. The van der Waals surface area contributed by atoms with Crippen LogP contribution in [0, 0.1) is 6.92 Å². The van der Waals surface area contributed by atoms with Crippen LogP contribution in [-0.4, -0.2) is 23.0 Å². The topological polar surface area (TPSA) is 49.3 Å². The van der Waals surface area contributed by atoms with Gasteiger partial charge >= 0.3 is 0 Å². The van der Waals surface area contributed by atoms with Crippen LogP contribution in [0.15, 0.2) is 11.2 Å². The number of aliphatic imine (C=N–C) groups is 1. The van der Waals surface area contributed by atoms with E-state index in [4.69, 9.17) is 0 Å². The lowest BCUT2D eigenvalue weighted by Gasteiger charge is -2.10. The molecule has 0 saturated heterocycles. The Balaban J connectivity index is 0.00000120. The maximum atomic E-state index is 4.63. The number of hydrogen-bond donors (Lipinski definition) is 2. The van der Waals surface area contributed by atoms with Crippen molar-refractivity contribution in [2.45, 2.75) is 51.2 Å². The summed E-state index contributed by atoms with van der Waals surface area (Å²) in [6.07, 6.45) is 7.06. The second-order valence-electron chi connectivity index (χ2n) is 4.85. The Morgan fingerprint density at radius 1 is 1.33 bits per heavy atom. The van der Waals surface area contributed by atoms with Crippen molar-refractivity contribution in [3.63, 3.8) is 0 Å². The first-order valence-corrected chi connectivity index (χ1v) is 7.10. The third-order valence-electron chi connectivity index (χ3n) is 2.90. The summed E-state index contributed by atoms with van der Waals surface area (Å²) in [5.74, 6) is 0.987. The number of rotatable bonds is 4. The normalized spacial score (nSPS) is 17.8. The van der Waals surface area contributed by atoms with E-state index in [0.29, 0.717) is 12.1 Å². The number of hydrogen-bond acceptors (Lipinski definition) is 3. The molecule has 2 aliphatic rings. The second kappa shape index (κ2) is 6.18. The number of aromatic nitrogens is 1. The smallest absolute Gasteiger partial charge is 0.192 e. The molecule has 4 nitrogen and oxygen atoms in total. The molecule has 100 valence electrons. The van der Waals surface area contributed by atoms with Crippen molar-refractivity contribution >= 4 is 41.3 Å². The summed E-state index contributed by atoms with van der Waals surface area (Å²) >= 11 is 1.72. The zero-order chi connectivity index (χ0) is 11.7. The number of halogens is 1. The van der Waals surface area contributed by atoms with Crippen molar-refractivity contribution in [3.8, 4) is 0 Å². The fraction of sp³-hybridized carbons (Fsp3) is 0.667. The first-order chi connectivity index (χ1) is 8.29. The molecule has 0 unspecified atom stereocenters. The minimum atomic E-state index is 0. The molecule has 2 N–H and O–H groups in total. The van der Waals surface area contributed by atoms with Crippen molar-refractivity contribution in [1.82, 2.24) is 15.6 Å². The summed E-state index contributed by atoms with van der Waals surface area (Å²) in [4.78, 5) is 10.1. The Morgan fingerprint density at radius 2 is 1.94 bits per heavy atom. The van der Waals surface area contributed by atoms with Crippen molar-refractivity contribution in [3.05, 3.63) is 16.1 Å². The van der Waals surface area contributed by atoms with E-state index >= 15 is 0 Å². The van der Waals surface area contributed by atoms with Gasteiger partial charge in [0, 0.05) is 23.2 Å². The molecule has 2 aliphatic carbocycles. The summed E-state index contributed by atoms with van der Waals surface area (Å²) in [6, 6.07) is 1.31. The predicted molar refractivity (Wildman–Crippen MR) is 85.7 cm³/mol. The number of nitrogens with one attached hydrogen (secondary N) is 2. The minimum Gasteiger partial charge on any atom is -0.354 e. The van der Waals surface area contributed by atoms with E-state index in [1.54, 1.807) is 11.3 Å². The second-order valence-corrected chi connectivity index (χ2v) is 6.17. The summed E-state index contributed by atoms with van der Waals surface area (Å²) in [7, 11) is 0. The molecule has 1 aromatic rings. The van der Waals surface area contributed by atoms with Gasteiger partial charge in [-0.3, -0.25) is 0 Å². The van der Waals surface area contributed by atoms with Gasteiger partial charge in [0.15, 0.2) is 5.96 Å². The lowest BCUT2D eigenvalue weighted by atomic mass is 10.5. The van der Waals surface area contributed by atoms with Crippen LogP contribution in [0.3, 0.4) is 0 Å². The molecule has 0 spiro atoms. The van der Waals surface area contributed by atoms with Crippen LogP contribution in [0.5, 0.6) is 0 Å². The highest BCUT2D eigenvalue weighted by Gasteiger charge is 2.26. The van der Waals surface area contributed by atoms with Gasteiger partial charge in [0.05, 0.1) is 11.6 Å². The largest absolute Gasteiger partial charge is 0.354 e. The van der Waals surface area contributed by atoms with E-state index in [0.717, 1.165) is 17.5 Å². The van der Waals surface area contributed by atoms with Crippen molar-refractivity contribution in [1.29, 1.82) is 0 Å². The summed E-state index contributed by atoms with van der Waals surface area (Å²) in [5.41, 5.74) is 0. The molecule has 0 bridgehead atoms. The van der Waals surface area contributed by atoms with E-state index in [2.05, 4.69) is 20.6 Å². The first kappa shape index (κ1) is 14.0. The SMILES string of the molecule is Cc1ncc(CN=C(NC2CC2)NC2CC2)s1.I. The molecule has 0 amide bonds. The molecule has 1 aromatic heterocycles. The predicted octanol–water partition coefficient (Wildman–Crippen LogP) is 2.43. The Labute approximate surface area is 129 Å². The molecule has 6 heteroatoms. The van der Waals surface area contributed by atoms with Crippen LogP contribution in [0.4, 0.5) is 0 Å². The van der Waals surface area contributed by atoms with E-state index < -0.39 is 0 Å².